The van der Waals surface area contributed by atoms with Gasteiger partial charge < -0.3 is 19.9 Å². The van der Waals surface area contributed by atoms with Crippen LogP contribution in [0, 0.1) is 0 Å². The van der Waals surface area contributed by atoms with Gasteiger partial charge in [-0.15, -0.1) is 0 Å². The van der Waals surface area contributed by atoms with Crippen LogP contribution in [-0.4, -0.2) is 62.4 Å². The number of hydrogen-bond acceptors (Lipinski definition) is 5. The lowest BCUT2D eigenvalue weighted by Gasteiger charge is -2.28. The molecule has 1 aromatic carbocycles. The lowest BCUT2D eigenvalue weighted by atomic mass is 10.1. The maximum absolute atomic E-state index is 6.22. The van der Waals surface area contributed by atoms with Gasteiger partial charge in [-0.2, -0.15) is 0 Å². The number of ether oxygens (including phenoxy) is 1. The van der Waals surface area contributed by atoms with Crippen molar-refractivity contribution in [2.45, 2.75) is 13.8 Å². The minimum Gasteiger partial charge on any atom is -0.383 e. The van der Waals surface area contributed by atoms with Crippen LogP contribution in [0.25, 0.3) is 10.9 Å². The van der Waals surface area contributed by atoms with E-state index in [-0.39, 0.29) is 0 Å². The second-order valence-electron chi connectivity index (χ2n) is 6.24. The lowest BCUT2D eigenvalue weighted by Crippen LogP contribution is -2.36. The lowest BCUT2D eigenvalue weighted by molar-refractivity contribution is 0.122. The topological polar surface area (TPSA) is 40.6 Å². The zero-order valence-electron chi connectivity index (χ0n) is 15.1. The van der Waals surface area contributed by atoms with E-state index in [9.17, 15) is 0 Å². The molecule has 25 heavy (non-hydrogen) atoms. The van der Waals surface area contributed by atoms with Crippen LogP contribution in [0.4, 0.5) is 11.5 Å². The van der Waals surface area contributed by atoms with Crippen LogP contribution in [-0.2, 0) is 4.74 Å². The molecule has 6 heteroatoms. The fourth-order valence-electron chi connectivity index (χ4n) is 3.17. The Bertz CT molecular complexity index is 699. The Morgan fingerprint density at radius 1 is 1.20 bits per heavy atom. The number of fused-ring (bicyclic) bond motifs is 1. The quantitative estimate of drug-likeness (QED) is 0.816. The van der Waals surface area contributed by atoms with Crippen LogP contribution in [0.5, 0.6) is 0 Å². The van der Waals surface area contributed by atoms with Crippen molar-refractivity contribution in [1.82, 2.24) is 9.88 Å². The van der Waals surface area contributed by atoms with Crippen molar-refractivity contribution in [2.75, 3.05) is 62.7 Å². The highest BCUT2D eigenvalue weighted by atomic mass is 35.5. The van der Waals surface area contributed by atoms with Crippen molar-refractivity contribution in [3.05, 3.63) is 29.3 Å². The van der Waals surface area contributed by atoms with Gasteiger partial charge in [0.2, 0.25) is 0 Å². The summed E-state index contributed by atoms with van der Waals surface area (Å²) in [4.78, 5) is 9.53. The largest absolute Gasteiger partial charge is 0.383 e. The van der Waals surface area contributed by atoms with Gasteiger partial charge in [0.1, 0.15) is 5.82 Å². The van der Waals surface area contributed by atoms with Gasteiger partial charge in [-0.05, 0) is 31.3 Å². The van der Waals surface area contributed by atoms with E-state index in [0.717, 1.165) is 79.9 Å². The minimum atomic E-state index is 0.736. The summed E-state index contributed by atoms with van der Waals surface area (Å²) in [7, 11) is 0. The fourth-order valence-corrected chi connectivity index (χ4v) is 3.35. The van der Waals surface area contributed by atoms with Gasteiger partial charge in [-0.1, -0.05) is 25.4 Å². The summed E-state index contributed by atoms with van der Waals surface area (Å²) in [5.74, 6) is 1.00. The molecule has 5 nitrogen and oxygen atoms in total. The summed E-state index contributed by atoms with van der Waals surface area (Å²) < 4.78 is 5.46. The zero-order valence-corrected chi connectivity index (χ0v) is 15.9. The van der Waals surface area contributed by atoms with E-state index in [1.807, 2.05) is 18.2 Å². The molecule has 0 saturated carbocycles. The summed E-state index contributed by atoms with van der Waals surface area (Å²) in [6.07, 6.45) is 0. The highest BCUT2D eigenvalue weighted by Crippen LogP contribution is 2.29. The van der Waals surface area contributed by atoms with E-state index >= 15 is 0 Å². The third-order valence-electron chi connectivity index (χ3n) is 4.73. The van der Waals surface area contributed by atoms with E-state index in [1.165, 1.54) is 0 Å². The smallest absolute Gasteiger partial charge is 0.131 e. The number of morpholine rings is 1. The molecule has 0 bridgehead atoms. The Kier molecular flexibility index (Phi) is 6.34. The molecule has 0 radical (unpaired) electrons. The summed E-state index contributed by atoms with van der Waals surface area (Å²) >= 11 is 6.22. The second-order valence-corrected chi connectivity index (χ2v) is 6.68. The highest BCUT2D eigenvalue weighted by molar-refractivity contribution is 6.31. The first-order valence-corrected chi connectivity index (χ1v) is 9.48. The zero-order chi connectivity index (χ0) is 17.6. The molecular formula is C19H27ClN4O. The van der Waals surface area contributed by atoms with E-state index in [1.54, 1.807) is 0 Å². The number of anilines is 2. The van der Waals surface area contributed by atoms with Crippen LogP contribution in [0.1, 0.15) is 13.8 Å². The number of benzene rings is 1. The Morgan fingerprint density at radius 2 is 1.96 bits per heavy atom. The highest BCUT2D eigenvalue weighted by Gasteiger charge is 2.15. The molecule has 0 amide bonds. The number of nitrogens with one attached hydrogen (secondary N) is 1. The molecule has 1 fully saturated rings. The third kappa shape index (κ3) is 4.54. The van der Waals surface area contributed by atoms with E-state index in [4.69, 9.17) is 21.3 Å². The van der Waals surface area contributed by atoms with Gasteiger partial charge >= 0.3 is 0 Å². The van der Waals surface area contributed by atoms with Gasteiger partial charge in [0, 0.05) is 48.3 Å². The molecule has 0 aliphatic carbocycles. The predicted molar refractivity (Wildman–Crippen MR) is 106 cm³/mol. The summed E-state index contributed by atoms with van der Waals surface area (Å²) in [5.41, 5.74) is 2.07. The molecule has 0 unspecified atom stereocenters. The monoisotopic (exact) mass is 362 g/mol. The maximum atomic E-state index is 6.22. The molecule has 1 N–H and O–H groups in total. The molecule has 2 heterocycles. The number of nitrogens with zero attached hydrogens (tertiary/aromatic N) is 3. The van der Waals surface area contributed by atoms with Crippen LogP contribution < -0.4 is 10.2 Å². The van der Waals surface area contributed by atoms with Crippen molar-refractivity contribution in [3.63, 3.8) is 0 Å². The Hall–Kier alpha value is -1.56. The van der Waals surface area contributed by atoms with Crippen molar-refractivity contribution in [1.29, 1.82) is 0 Å². The number of pyridine rings is 1. The third-order valence-corrected chi connectivity index (χ3v) is 4.97. The van der Waals surface area contributed by atoms with Crippen LogP contribution in [0.15, 0.2) is 24.3 Å². The standard InChI is InChI=1S/C19H27ClN4O/c1-3-23(4-2)8-7-21-18-14-19(24-9-11-25-12-10-24)22-17-6-5-15(20)13-16(17)18/h5-6,13-14H,3-4,7-12H2,1-2H3,(H,21,22). The van der Waals surface area contributed by atoms with Crippen molar-refractivity contribution >= 4 is 34.0 Å². The van der Waals surface area contributed by atoms with Crippen LogP contribution in [0.3, 0.4) is 0 Å². The first-order chi connectivity index (χ1) is 12.2. The molecule has 3 rings (SSSR count). The Labute approximate surface area is 154 Å². The van der Waals surface area contributed by atoms with Crippen molar-refractivity contribution < 1.29 is 4.74 Å². The molecule has 0 spiro atoms. The molecule has 1 aliphatic rings. The van der Waals surface area contributed by atoms with Gasteiger partial charge in [0.25, 0.3) is 0 Å². The van der Waals surface area contributed by atoms with E-state index in [2.05, 4.69) is 35.0 Å². The number of likely N-dealkylation sites (N-methyl/N-ethyl adjacent to an activating group) is 1. The first kappa shape index (κ1) is 18.2. The average Bonchev–Trinajstić information content (AvgIpc) is 2.66. The number of rotatable bonds is 7. The number of hydrogen-bond donors (Lipinski definition) is 1. The van der Waals surface area contributed by atoms with Crippen molar-refractivity contribution in [2.24, 2.45) is 0 Å². The summed E-state index contributed by atoms with van der Waals surface area (Å²) in [6.45, 7) is 11.7. The molecule has 1 aromatic heterocycles. The first-order valence-electron chi connectivity index (χ1n) is 9.10. The van der Waals surface area contributed by atoms with E-state index < -0.39 is 0 Å². The molecular weight excluding hydrogens is 336 g/mol. The Morgan fingerprint density at radius 3 is 2.68 bits per heavy atom. The molecule has 0 atom stereocenters. The normalized spacial score (nSPS) is 15.1. The minimum absolute atomic E-state index is 0.736. The SMILES string of the molecule is CCN(CC)CCNc1cc(N2CCOCC2)nc2ccc(Cl)cc12. The summed E-state index contributed by atoms with van der Waals surface area (Å²) in [6, 6.07) is 8.04. The Balaban J connectivity index is 1.86. The van der Waals surface area contributed by atoms with Gasteiger partial charge in [-0.3, -0.25) is 0 Å². The van der Waals surface area contributed by atoms with Gasteiger partial charge in [0.15, 0.2) is 0 Å². The van der Waals surface area contributed by atoms with Crippen LogP contribution >= 0.6 is 11.6 Å². The molecule has 1 aliphatic heterocycles. The predicted octanol–water partition coefficient (Wildman–Crippen LogP) is 3.48. The second kappa shape index (κ2) is 8.70. The van der Waals surface area contributed by atoms with Crippen LogP contribution in [0.2, 0.25) is 5.02 Å². The maximum Gasteiger partial charge on any atom is 0.131 e. The molecule has 136 valence electrons. The van der Waals surface area contributed by atoms with Crippen molar-refractivity contribution in [3.8, 4) is 0 Å². The number of halogens is 1. The van der Waals surface area contributed by atoms with Gasteiger partial charge in [-0.25, -0.2) is 4.98 Å². The molecule has 1 saturated heterocycles. The molecule has 2 aromatic rings. The summed E-state index contributed by atoms with van der Waals surface area (Å²) in [5, 5.41) is 5.40. The average molecular weight is 363 g/mol. The van der Waals surface area contributed by atoms with E-state index in [0.29, 0.717) is 0 Å². The van der Waals surface area contributed by atoms with Gasteiger partial charge in [0.05, 0.1) is 18.7 Å². The number of aromatic nitrogens is 1. The fraction of sp³-hybridized carbons (Fsp3) is 0.526.